The lowest BCUT2D eigenvalue weighted by Gasteiger charge is -2.35. The van der Waals surface area contributed by atoms with Gasteiger partial charge in [0.2, 0.25) is 11.8 Å². The van der Waals surface area contributed by atoms with E-state index in [1.807, 2.05) is 13.0 Å². The van der Waals surface area contributed by atoms with E-state index in [1.165, 1.54) is 21.6 Å². The number of likely N-dealkylation sites (tertiary alicyclic amines) is 1. The molecule has 2 aromatic carbocycles. The molecule has 2 aromatic rings. The van der Waals surface area contributed by atoms with Crippen LogP contribution in [0.5, 0.6) is 5.75 Å². The number of carbonyl (C=O) groups is 3. The maximum Gasteiger partial charge on any atom is 0.306 e. The van der Waals surface area contributed by atoms with Gasteiger partial charge in [0.15, 0.2) is 0 Å². The van der Waals surface area contributed by atoms with Crippen molar-refractivity contribution in [2.45, 2.75) is 71.9 Å². The van der Waals surface area contributed by atoms with E-state index in [0.717, 1.165) is 50.1 Å². The molecular weight excluding hydrogens is 480 g/mol. The van der Waals surface area contributed by atoms with Crippen molar-refractivity contribution in [1.29, 1.82) is 0 Å². The van der Waals surface area contributed by atoms with E-state index < -0.39 is 5.97 Å². The molecule has 1 unspecified atom stereocenters. The van der Waals surface area contributed by atoms with Gasteiger partial charge in [-0.2, -0.15) is 0 Å². The van der Waals surface area contributed by atoms with Crippen LogP contribution in [0.25, 0.3) is 0 Å². The molecule has 1 saturated heterocycles. The lowest BCUT2D eigenvalue weighted by Crippen LogP contribution is -2.34. The lowest BCUT2D eigenvalue weighted by molar-refractivity contribution is -0.143. The molecule has 2 aliphatic rings. The second-order valence-electron chi connectivity index (χ2n) is 11.0. The highest BCUT2D eigenvalue weighted by Crippen LogP contribution is 2.33. The van der Waals surface area contributed by atoms with Crippen molar-refractivity contribution in [2.24, 2.45) is 11.8 Å². The molecule has 38 heavy (non-hydrogen) atoms. The van der Waals surface area contributed by atoms with Crippen LogP contribution in [0, 0.1) is 25.7 Å². The molecule has 0 radical (unpaired) electrons. The minimum absolute atomic E-state index is 0.120. The maximum absolute atomic E-state index is 11.8. The van der Waals surface area contributed by atoms with Crippen molar-refractivity contribution in [3.8, 4) is 5.75 Å². The second-order valence-corrected chi connectivity index (χ2v) is 11.0. The fourth-order valence-electron chi connectivity index (χ4n) is 5.66. The van der Waals surface area contributed by atoms with E-state index in [4.69, 9.17) is 4.74 Å². The van der Waals surface area contributed by atoms with Crippen molar-refractivity contribution in [2.75, 3.05) is 19.7 Å². The summed E-state index contributed by atoms with van der Waals surface area (Å²) in [6.07, 6.45) is 4.00. The van der Waals surface area contributed by atoms with Crippen LogP contribution in [0.3, 0.4) is 0 Å². The molecule has 2 amide bonds. The molecule has 1 aliphatic carbocycles. The first-order chi connectivity index (χ1) is 18.2. The van der Waals surface area contributed by atoms with Gasteiger partial charge in [0.05, 0.1) is 12.5 Å². The third-order valence-electron chi connectivity index (χ3n) is 8.15. The highest BCUT2D eigenvalue weighted by molar-refractivity contribution is 6.01. The Morgan fingerprint density at radius 2 is 1.68 bits per heavy atom. The maximum atomic E-state index is 11.8. The van der Waals surface area contributed by atoms with Gasteiger partial charge >= 0.3 is 5.97 Å². The van der Waals surface area contributed by atoms with Crippen molar-refractivity contribution >= 4 is 17.8 Å². The number of carboxylic acids is 1. The highest BCUT2D eigenvalue weighted by atomic mass is 16.5. The van der Waals surface area contributed by atoms with Crippen LogP contribution in [-0.4, -0.2) is 52.4 Å². The number of aliphatic carboxylic acids is 1. The fourth-order valence-corrected chi connectivity index (χ4v) is 5.66. The first kappa shape index (κ1) is 27.8. The topological polar surface area (TPSA) is 87.2 Å². The van der Waals surface area contributed by atoms with Crippen molar-refractivity contribution in [3.63, 3.8) is 0 Å². The van der Waals surface area contributed by atoms with Gasteiger partial charge in [0.1, 0.15) is 12.4 Å². The SMILES string of the molecule is Cc1ccc(C(C)N(Cc2ccc(OCCN3C(=O)CCC3=O)c(C)c2)CC2CCC(C(=O)O)CC2)cc1. The van der Waals surface area contributed by atoms with Crippen LogP contribution in [0.15, 0.2) is 42.5 Å². The van der Waals surface area contributed by atoms with Crippen molar-refractivity contribution in [1.82, 2.24) is 9.80 Å². The molecule has 1 atom stereocenters. The Morgan fingerprint density at radius 3 is 2.29 bits per heavy atom. The first-order valence-electron chi connectivity index (χ1n) is 13.8. The highest BCUT2D eigenvalue weighted by Gasteiger charge is 2.29. The summed E-state index contributed by atoms with van der Waals surface area (Å²) in [7, 11) is 0. The zero-order valence-corrected chi connectivity index (χ0v) is 22.8. The molecule has 4 rings (SSSR count). The summed E-state index contributed by atoms with van der Waals surface area (Å²) >= 11 is 0. The van der Waals surface area contributed by atoms with Crippen LogP contribution in [0.4, 0.5) is 0 Å². The molecule has 1 saturated carbocycles. The van der Waals surface area contributed by atoms with E-state index in [0.29, 0.717) is 18.8 Å². The number of carbonyl (C=O) groups excluding carboxylic acids is 2. The summed E-state index contributed by atoms with van der Waals surface area (Å²) in [5.74, 6) is 0.141. The number of rotatable bonds is 11. The number of carboxylic acid groups (broad SMARTS) is 1. The summed E-state index contributed by atoms with van der Waals surface area (Å²) in [4.78, 5) is 38.9. The number of hydrogen-bond acceptors (Lipinski definition) is 5. The molecule has 1 aliphatic heterocycles. The van der Waals surface area contributed by atoms with Crippen LogP contribution in [0.2, 0.25) is 0 Å². The van der Waals surface area contributed by atoms with Gasteiger partial charge in [-0.25, -0.2) is 0 Å². The minimum Gasteiger partial charge on any atom is -0.491 e. The largest absolute Gasteiger partial charge is 0.491 e. The standard InChI is InChI=1S/C31H40N2O5/c1-21-4-9-26(10-5-21)23(3)32(19-24-6-11-27(12-7-24)31(36)37)20-25-8-13-28(22(2)18-25)38-17-16-33-29(34)14-15-30(33)35/h4-5,8-10,13,18,23-24,27H,6-7,11-12,14-17,19-20H2,1-3H3,(H,36,37). The third kappa shape index (κ3) is 7.01. The van der Waals surface area contributed by atoms with Crippen LogP contribution in [0.1, 0.15) is 73.7 Å². The van der Waals surface area contributed by atoms with Gasteiger partial charge in [0.25, 0.3) is 0 Å². The minimum atomic E-state index is -0.662. The Bertz CT molecular complexity index is 1120. The Balaban J connectivity index is 1.42. The van der Waals surface area contributed by atoms with E-state index in [2.05, 4.69) is 55.1 Å². The van der Waals surface area contributed by atoms with Crippen LogP contribution >= 0.6 is 0 Å². The Kier molecular flexibility index (Phi) is 9.21. The number of imide groups is 1. The smallest absolute Gasteiger partial charge is 0.306 e. The van der Waals surface area contributed by atoms with E-state index in [1.54, 1.807) is 0 Å². The van der Waals surface area contributed by atoms with Crippen LogP contribution < -0.4 is 4.74 Å². The summed E-state index contributed by atoms with van der Waals surface area (Å²) in [6, 6.07) is 15.1. The molecule has 1 heterocycles. The zero-order chi connectivity index (χ0) is 27.2. The van der Waals surface area contributed by atoms with Crippen LogP contribution in [-0.2, 0) is 20.9 Å². The van der Waals surface area contributed by atoms with Gasteiger partial charge in [-0.1, -0.05) is 42.0 Å². The molecule has 0 bridgehead atoms. The normalized spacial score (nSPS) is 20.7. The van der Waals surface area contributed by atoms with E-state index >= 15 is 0 Å². The number of hydrogen-bond donors (Lipinski definition) is 1. The predicted octanol–water partition coefficient (Wildman–Crippen LogP) is 5.29. The molecular formula is C31H40N2O5. The third-order valence-corrected chi connectivity index (χ3v) is 8.15. The monoisotopic (exact) mass is 520 g/mol. The summed E-state index contributed by atoms with van der Waals surface area (Å²) < 4.78 is 5.93. The lowest BCUT2D eigenvalue weighted by atomic mass is 9.81. The van der Waals surface area contributed by atoms with Gasteiger partial charge in [-0.15, -0.1) is 0 Å². The number of aryl methyl sites for hydroxylation is 2. The quantitative estimate of drug-likeness (QED) is 0.406. The Morgan fingerprint density at radius 1 is 1.03 bits per heavy atom. The average molecular weight is 521 g/mol. The molecule has 0 aromatic heterocycles. The summed E-state index contributed by atoms with van der Waals surface area (Å²) in [6.45, 7) is 8.64. The molecule has 204 valence electrons. The Labute approximate surface area is 225 Å². The average Bonchev–Trinajstić information content (AvgIpc) is 3.22. The molecule has 7 heteroatoms. The number of ether oxygens (including phenoxy) is 1. The zero-order valence-electron chi connectivity index (χ0n) is 22.8. The number of benzene rings is 2. The van der Waals surface area contributed by atoms with Gasteiger partial charge in [-0.3, -0.25) is 24.2 Å². The predicted molar refractivity (Wildman–Crippen MR) is 146 cm³/mol. The van der Waals surface area contributed by atoms with Gasteiger partial charge in [-0.05, 0) is 75.1 Å². The summed E-state index contributed by atoms with van der Waals surface area (Å²) in [5.41, 5.74) is 4.73. The fraction of sp³-hybridized carbons (Fsp3) is 0.516. The summed E-state index contributed by atoms with van der Waals surface area (Å²) in [5, 5.41) is 9.39. The molecule has 0 spiro atoms. The number of nitrogens with zero attached hydrogens (tertiary/aromatic N) is 2. The molecule has 2 fully saturated rings. The van der Waals surface area contributed by atoms with E-state index in [9.17, 15) is 19.5 Å². The van der Waals surface area contributed by atoms with Gasteiger partial charge < -0.3 is 9.84 Å². The van der Waals surface area contributed by atoms with E-state index in [-0.39, 0.29) is 36.9 Å². The molecule has 1 N–H and O–H groups in total. The number of amides is 2. The van der Waals surface area contributed by atoms with Crippen molar-refractivity contribution < 1.29 is 24.2 Å². The Hall–Kier alpha value is -3.19. The van der Waals surface area contributed by atoms with Gasteiger partial charge in [0, 0.05) is 32.0 Å². The second kappa shape index (κ2) is 12.6. The van der Waals surface area contributed by atoms with Crippen molar-refractivity contribution in [3.05, 3.63) is 64.7 Å². The first-order valence-corrected chi connectivity index (χ1v) is 13.8. The molecule has 7 nitrogen and oxygen atoms in total.